The minimum Gasteiger partial charge on any atom is -0.308 e. The van der Waals surface area contributed by atoms with Crippen molar-refractivity contribution in [2.45, 2.75) is 25.4 Å². The minimum atomic E-state index is 0.744. The van der Waals surface area contributed by atoms with Crippen LogP contribution < -0.4 is 5.32 Å². The fraction of sp³-hybridized carbons (Fsp3) is 0.333. The number of rotatable bonds is 4. The highest BCUT2D eigenvalue weighted by Crippen LogP contribution is 2.23. The molecule has 16 heavy (non-hydrogen) atoms. The second kappa shape index (κ2) is 4.31. The van der Waals surface area contributed by atoms with Crippen LogP contribution in [-0.4, -0.2) is 16.0 Å². The van der Waals surface area contributed by atoms with E-state index in [0.717, 1.165) is 23.8 Å². The summed E-state index contributed by atoms with van der Waals surface area (Å²) < 4.78 is 0. The van der Waals surface area contributed by atoms with Gasteiger partial charge in [-0.15, -0.1) is 11.3 Å². The number of hydrogen-bond acceptors (Lipinski definition) is 4. The molecule has 2 aromatic heterocycles. The van der Waals surface area contributed by atoms with Crippen molar-refractivity contribution in [3.05, 3.63) is 34.9 Å². The van der Waals surface area contributed by atoms with E-state index in [1.165, 1.54) is 17.8 Å². The van der Waals surface area contributed by atoms with Crippen molar-refractivity contribution < 1.29 is 0 Å². The molecule has 0 radical (unpaired) electrons. The Kier molecular flexibility index (Phi) is 2.68. The zero-order chi connectivity index (χ0) is 10.8. The second-order valence-electron chi connectivity index (χ2n) is 4.02. The number of nitrogens with zero attached hydrogens (tertiary/aromatic N) is 2. The van der Waals surface area contributed by atoms with Crippen LogP contribution in [0.4, 0.5) is 0 Å². The van der Waals surface area contributed by atoms with E-state index in [9.17, 15) is 0 Å². The molecule has 0 unspecified atom stereocenters. The van der Waals surface area contributed by atoms with Gasteiger partial charge in [0.1, 0.15) is 5.01 Å². The first kappa shape index (κ1) is 9.93. The van der Waals surface area contributed by atoms with Gasteiger partial charge in [-0.1, -0.05) is 0 Å². The molecule has 0 amide bonds. The maximum absolute atomic E-state index is 4.61. The molecule has 4 heteroatoms. The molecular weight excluding hydrogens is 218 g/mol. The van der Waals surface area contributed by atoms with E-state index in [-0.39, 0.29) is 0 Å². The molecule has 0 spiro atoms. The van der Waals surface area contributed by atoms with Gasteiger partial charge in [0.15, 0.2) is 0 Å². The van der Waals surface area contributed by atoms with Crippen LogP contribution in [0.5, 0.6) is 0 Å². The summed E-state index contributed by atoms with van der Waals surface area (Å²) in [5.74, 6) is 0. The Morgan fingerprint density at radius 1 is 1.31 bits per heavy atom. The summed E-state index contributed by atoms with van der Waals surface area (Å²) in [6.45, 7) is 0.903. The van der Waals surface area contributed by atoms with Gasteiger partial charge in [-0.25, -0.2) is 4.98 Å². The van der Waals surface area contributed by atoms with Crippen LogP contribution in [0.2, 0.25) is 0 Å². The number of thiazole rings is 1. The Hall–Kier alpha value is -1.26. The highest BCUT2D eigenvalue weighted by atomic mass is 32.1. The summed E-state index contributed by atoms with van der Waals surface area (Å²) in [6, 6.07) is 4.73. The number of nitrogens with one attached hydrogen (secondary N) is 1. The zero-order valence-corrected chi connectivity index (χ0v) is 9.70. The van der Waals surface area contributed by atoms with Crippen LogP contribution in [0.1, 0.15) is 17.8 Å². The molecule has 0 aromatic carbocycles. The van der Waals surface area contributed by atoms with E-state index >= 15 is 0 Å². The van der Waals surface area contributed by atoms with Crippen LogP contribution in [0.25, 0.3) is 11.3 Å². The van der Waals surface area contributed by atoms with E-state index in [4.69, 9.17) is 0 Å². The first-order valence-corrected chi connectivity index (χ1v) is 6.38. The smallest absolute Gasteiger partial charge is 0.107 e. The maximum atomic E-state index is 4.61. The molecule has 2 aromatic rings. The van der Waals surface area contributed by atoms with Crippen molar-refractivity contribution in [2.75, 3.05) is 0 Å². The largest absolute Gasteiger partial charge is 0.308 e. The van der Waals surface area contributed by atoms with Gasteiger partial charge in [-0.3, -0.25) is 4.98 Å². The molecule has 2 heterocycles. The number of pyridine rings is 1. The van der Waals surface area contributed by atoms with Crippen molar-refractivity contribution in [3.8, 4) is 11.3 Å². The van der Waals surface area contributed by atoms with Gasteiger partial charge in [0.2, 0.25) is 0 Å². The van der Waals surface area contributed by atoms with Gasteiger partial charge in [-0.2, -0.15) is 0 Å². The van der Waals surface area contributed by atoms with Crippen LogP contribution in [-0.2, 0) is 6.54 Å². The predicted octanol–water partition coefficient (Wildman–Crippen LogP) is 2.46. The summed E-state index contributed by atoms with van der Waals surface area (Å²) in [6.07, 6.45) is 6.25. The lowest BCUT2D eigenvalue weighted by molar-refractivity contribution is 0.685. The van der Waals surface area contributed by atoms with Crippen molar-refractivity contribution in [2.24, 2.45) is 0 Å². The average Bonchev–Trinajstić information content (AvgIpc) is 3.05. The van der Waals surface area contributed by atoms with Crippen molar-refractivity contribution >= 4 is 11.3 Å². The number of hydrogen-bond donors (Lipinski definition) is 1. The Balaban J connectivity index is 1.71. The molecule has 1 N–H and O–H groups in total. The summed E-state index contributed by atoms with van der Waals surface area (Å²) in [5, 5.41) is 6.75. The summed E-state index contributed by atoms with van der Waals surface area (Å²) >= 11 is 1.72. The quantitative estimate of drug-likeness (QED) is 0.878. The average molecular weight is 231 g/mol. The molecule has 0 saturated heterocycles. The highest BCUT2D eigenvalue weighted by Gasteiger charge is 2.20. The van der Waals surface area contributed by atoms with E-state index < -0.39 is 0 Å². The summed E-state index contributed by atoms with van der Waals surface area (Å²) in [4.78, 5) is 8.62. The topological polar surface area (TPSA) is 37.8 Å². The lowest BCUT2D eigenvalue weighted by atomic mass is 10.2. The zero-order valence-electron chi connectivity index (χ0n) is 8.89. The second-order valence-corrected chi connectivity index (χ2v) is 4.96. The Labute approximate surface area is 98.6 Å². The van der Waals surface area contributed by atoms with Gasteiger partial charge in [0, 0.05) is 35.9 Å². The molecule has 3 nitrogen and oxygen atoms in total. The van der Waals surface area contributed by atoms with Crippen LogP contribution in [0.3, 0.4) is 0 Å². The monoisotopic (exact) mass is 231 g/mol. The molecule has 82 valence electrons. The van der Waals surface area contributed by atoms with Crippen LogP contribution >= 0.6 is 11.3 Å². The minimum absolute atomic E-state index is 0.744. The first-order valence-electron chi connectivity index (χ1n) is 5.50. The Morgan fingerprint density at radius 2 is 2.12 bits per heavy atom. The van der Waals surface area contributed by atoms with Gasteiger partial charge < -0.3 is 5.32 Å². The first-order chi connectivity index (χ1) is 7.92. The SMILES string of the molecule is c1cc(-c2csc(CNC3CC3)n2)ccn1. The molecule has 0 atom stereocenters. The predicted molar refractivity (Wildman–Crippen MR) is 65.2 cm³/mol. The van der Waals surface area contributed by atoms with Crippen molar-refractivity contribution in [1.29, 1.82) is 0 Å². The molecular formula is C12H13N3S. The van der Waals surface area contributed by atoms with Crippen LogP contribution in [0.15, 0.2) is 29.9 Å². The normalized spacial score (nSPS) is 15.2. The third kappa shape index (κ3) is 2.28. The lowest BCUT2D eigenvalue weighted by Gasteiger charge is -1.97. The molecule has 1 aliphatic carbocycles. The van der Waals surface area contributed by atoms with E-state index in [1.54, 1.807) is 23.7 Å². The van der Waals surface area contributed by atoms with Crippen molar-refractivity contribution in [1.82, 2.24) is 15.3 Å². The van der Waals surface area contributed by atoms with Gasteiger partial charge in [0.25, 0.3) is 0 Å². The fourth-order valence-corrected chi connectivity index (χ4v) is 2.32. The molecule has 3 rings (SSSR count). The summed E-state index contributed by atoms with van der Waals surface area (Å²) in [5.41, 5.74) is 2.20. The van der Waals surface area contributed by atoms with Crippen LogP contribution in [0, 0.1) is 0 Å². The Morgan fingerprint density at radius 3 is 2.88 bits per heavy atom. The van der Waals surface area contributed by atoms with E-state index in [1.807, 2.05) is 12.1 Å². The summed E-state index contributed by atoms with van der Waals surface area (Å²) in [7, 11) is 0. The van der Waals surface area contributed by atoms with Crippen molar-refractivity contribution in [3.63, 3.8) is 0 Å². The van der Waals surface area contributed by atoms with E-state index in [2.05, 4.69) is 20.7 Å². The Bertz CT molecular complexity index is 462. The molecule has 1 aliphatic rings. The highest BCUT2D eigenvalue weighted by molar-refractivity contribution is 7.09. The molecule has 1 saturated carbocycles. The maximum Gasteiger partial charge on any atom is 0.107 e. The van der Waals surface area contributed by atoms with Gasteiger partial charge in [-0.05, 0) is 25.0 Å². The number of aromatic nitrogens is 2. The fourth-order valence-electron chi connectivity index (χ4n) is 1.57. The lowest BCUT2D eigenvalue weighted by Crippen LogP contribution is -2.14. The standard InChI is InChI=1S/C12H13N3S/c1-2-10(1)14-7-12-15-11(8-16-12)9-3-5-13-6-4-9/h3-6,8,10,14H,1-2,7H2. The van der Waals surface area contributed by atoms with E-state index in [0.29, 0.717) is 0 Å². The molecule has 0 bridgehead atoms. The molecule has 0 aliphatic heterocycles. The third-order valence-corrected chi connectivity index (χ3v) is 3.50. The van der Waals surface area contributed by atoms with Gasteiger partial charge >= 0.3 is 0 Å². The van der Waals surface area contributed by atoms with Gasteiger partial charge in [0.05, 0.1) is 5.69 Å². The molecule has 1 fully saturated rings. The third-order valence-electron chi connectivity index (χ3n) is 2.65.